The van der Waals surface area contributed by atoms with Crippen LogP contribution in [0.5, 0.6) is 0 Å². The van der Waals surface area contributed by atoms with Crippen LogP contribution in [0, 0.1) is 12.7 Å². The van der Waals surface area contributed by atoms with Gasteiger partial charge < -0.3 is 9.88 Å². The Kier molecular flexibility index (Phi) is 5.24. The summed E-state index contributed by atoms with van der Waals surface area (Å²) in [4.78, 5) is 22.7. The number of carbonyl (C=O) groups excluding carboxylic acids is 1. The lowest BCUT2D eigenvalue weighted by Gasteiger charge is -2.10. The largest absolute Gasteiger partial charge is 0.348 e. The Morgan fingerprint density at radius 3 is 2.91 bits per heavy atom. The number of hydrogen-bond acceptors (Lipinski definition) is 5. The SMILES string of the molecule is Cc1cc(C(=O)NCc2ccc(-n3ccnc3)c(F)c2)c2cnn(Cc3cccs3)c2n1. The van der Waals surface area contributed by atoms with E-state index in [2.05, 4.69) is 20.4 Å². The highest BCUT2D eigenvalue weighted by atomic mass is 32.1. The number of thiophene rings is 1. The van der Waals surface area contributed by atoms with Gasteiger partial charge in [0.15, 0.2) is 5.65 Å². The molecule has 0 saturated heterocycles. The summed E-state index contributed by atoms with van der Waals surface area (Å²) in [6, 6.07) is 10.7. The lowest BCUT2D eigenvalue weighted by Crippen LogP contribution is -2.23. The number of aryl methyl sites for hydroxylation is 1. The quantitative estimate of drug-likeness (QED) is 0.426. The second-order valence-electron chi connectivity index (χ2n) is 7.37. The predicted octanol–water partition coefficient (Wildman–Crippen LogP) is 4.10. The lowest BCUT2D eigenvalue weighted by molar-refractivity contribution is 0.0952. The Balaban J connectivity index is 1.36. The van der Waals surface area contributed by atoms with Gasteiger partial charge in [-0.3, -0.25) is 4.79 Å². The molecule has 0 bridgehead atoms. The van der Waals surface area contributed by atoms with Crippen LogP contribution in [0.25, 0.3) is 16.7 Å². The smallest absolute Gasteiger partial charge is 0.252 e. The van der Waals surface area contributed by atoms with Gasteiger partial charge in [0, 0.05) is 29.5 Å². The highest BCUT2D eigenvalue weighted by Crippen LogP contribution is 2.21. The highest BCUT2D eigenvalue weighted by Gasteiger charge is 2.16. The number of aromatic nitrogens is 5. The van der Waals surface area contributed by atoms with E-state index in [1.807, 2.05) is 24.4 Å². The third kappa shape index (κ3) is 3.90. The maximum atomic E-state index is 14.5. The van der Waals surface area contributed by atoms with Crippen LogP contribution in [0.2, 0.25) is 0 Å². The van der Waals surface area contributed by atoms with E-state index in [9.17, 15) is 9.18 Å². The average molecular weight is 447 g/mol. The van der Waals surface area contributed by atoms with Crippen molar-refractivity contribution in [3.63, 3.8) is 0 Å². The van der Waals surface area contributed by atoms with Gasteiger partial charge in [-0.1, -0.05) is 12.1 Å². The first kappa shape index (κ1) is 20.1. The molecular weight excluding hydrogens is 427 g/mol. The summed E-state index contributed by atoms with van der Waals surface area (Å²) in [6.07, 6.45) is 6.47. The third-order valence-electron chi connectivity index (χ3n) is 5.12. The molecule has 0 aliphatic heterocycles. The van der Waals surface area contributed by atoms with Crippen molar-refractivity contribution in [2.24, 2.45) is 0 Å². The van der Waals surface area contributed by atoms with Crippen LogP contribution in [0.1, 0.15) is 26.5 Å². The fraction of sp³-hybridized carbons (Fsp3) is 0.130. The Bertz CT molecular complexity index is 1390. The maximum absolute atomic E-state index is 14.5. The molecule has 1 N–H and O–H groups in total. The minimum absolute atomic E-state index is 0.201. The van der Waals surface area contributed by atoms with Crippen molar-refractivity contribution in [1.82, 2.24) is 29.6 Å². The fourth-order valence-corrected chi connectivity index (χ4v) is 4.26. The first-order valence-electron chi connectivity index (χ1n) is 9.99. The molecule has 0 aliphatic rings. The van der Waals surface area contributed by atoms with Crippen LogP contribution in [-0.4, -0.2) is 30.2 Å². The molecule has 0 radical (unpaired) electrons. The maximum Gasteiger partial charge on any atom is 0.252 e. The molecule has 4 heterocycles. The number of nitrogens with zero attached hydrogens (tertiary/aromatic N) is 5. The van der Waals surface area contributed by atoms with E-state index in [-0.39, 0.29) is 18.3 Å². The van der Waals surface area contributed by atoms with Gasteiger partial charge in [0.1, 0.15) is 5.82 Å². The van der Waals surface area contributed by atoms with E-state index < -0.39 is 0 Å². The van der Waals surface area contributed by atoms with Crippen molar-refractivity contribution in [3.8, 4) is 5.69 Å². The van der Waals surface area contributed by atoms with Crippen LogP contribution >= 0.6 is 11.3 Å². The summed E-state index contributed by atoms with van der Waals surface area (Å²) in [5, 5.41) is 10.0. The molecule has 160 valence electrons. The minimum atomic E-state index is -0.383. The van der Waals surface area contributed by atoms with Gasteiger partial charge in [0.25, 0.3) is 5.91 Å². The van der Waals surface area contributed by atoms with Crippen molar-refractivity contribution in [1.29, 1.82) is 0 Å². The Hall–Kier alpha value is -3.85. The summed E-state index contributed by atoms with van der Waals surface area (Å²) in [6.45, 7) is 2.65. The molecule has 32 heavy (non-hydrogen) atoms. The third-order valence-corrected chi connectivity index (χ3v) is 5.98. The van der Waals surface area contributed by atoms with E-state index in [0.717, 1.165) is 10.6 Å². The summed E-state index contributed by atoms with van der Waals surface area (Å²) in [5.74, 6) is -0.637. The van der Waals surface area contributed by atoms with Crippen LogP contribution in [0.15, 0.2) is 66.7 Å². The highest BCUT2D eigenvalue weighted by molar-refractivity contribution is 7.09. The number of halogens is 1. The fourth-order valence-electron chi connectivity index (χ4n) is 3.58. The van der Waals surface area contributed by atoms with Crippen LogP contribution in [-0.2, 0) is 13.1 Å². The predicted molar refractivity (Wildman–Crippen MR) is 120 cm³/mol. The molecule has 0 unspecified atom stereocenters. The number of carbonyl (C=O) groups is 1. The van der Waals surface area contributed by atoms with Gasteiger partial charge in [0.2, 0.25) is 0 Å². The molecule has 0 atom stereocenters. The number of imidazole rings is 1. The zero-order valence-corrected chi connectivity index (χ0v) is 18.0. The van der Waals surface area contributed by atoms with Crippen LogP contribution in [0.4, 0.5) is 4.39 Å². The summed E-state index contributed by atoms with van der Waals surface area (Å²) in [5.41, 5.74) is 2.96. The average Bonchev–Trinajstić information content (AvgIpc) is 3.55. The normalized spacial score (nSPS) is 11.2. The summed E-state index contributed by atoms with van der Waals surface area (Å²) in [7, 11) is 0. The zero-order chi connectivity index (χ0) is 22.1. The molecule has 1 amide bonds. The lowest BCUT2D eigenvalue weighted by atomic mass is 10.1. The second-order valence-corrected chi connectivity index (χ2v) is 8.40. The summed E-state index contributed by atoms with van der Waals surface area (Å²) < 4.78 is 17.9. The van der Waals surface area contributed by atoms with Crippen molar-refractivity contribution in [3.05, 3.63) is 94.2 Å². The summed E-state index contributed by atoms with van der Waals surface area (Å²) >= 11 is 1.65. The van der Waals surface area contributed by atoms with E-state index >= 15 is 0 Å². The van der Waals surface area contributed by atoms with E-state index in [0.29, 0.717) is 34.4 Å². The molecule has 0 spiro atoms. The van der Waals surface area contributed by atoms with Crippen molar-refractivity contribution >= 4 is 28.3 Å². The first-order chi connectivity index (χ1) is 15.6. The molecule has 5 aromatic rings. The van der Waals surface area contributed by atoms with Gasteiger partial charge in [-0.05, 0) is 42.1 Å². The van der Waals surface area contributed by atoms with Crippen LogP contribution < -0.4 is 5.32 Å². The molecule has 1 aromatic carbocycles. The number of pyridine rings is 1. The minimum Gasteiger partial charge on any atom is -0.348 e. The number of amides is 1. The van der Waals surface area contributed by atoms with Gasteiger partial charge >= 0.3 is 0 Å². The number of rotatable bonds is 6. The molecule has 0 saturated carbocycles. The second kappa shape index (κ2) is 8.35. The molecule has 5 rings (SSSR count). The molecule has 7 nitrogen and oxygen atoms in total. The topological polar surface area (TPSA) is 77.6 Å². The molecule has 0 aliphatic carbocycles. The van der Waals surface area contributed by atoms with E-state index in [4.69, 9.17) is 0 Å². The van der Waals surface area contributed by atoms with Gasteiger partial charge in [-0.15, -0.1) is 11.3 Å². The van der Waals surface area contributed by atoms with Gasteiger partial charge in [0.05, 0.1) is 35.7 Å². The number of nitrogens with one attached hydrogen (secondary N) is 1. The molecule has 4 aromatic heterocycles. The monoisotopic (exact) mass is 446 g/mol. The molecular formula is C23H19FN6OS. The van der Waals surface area contributed by atoms with Gasteiger partial charge in [-0.2, -0.15) is 5.10 Å². The van der Waals surface area contributed by atoms with E-state index in [1.165, 1.54) is 12.4 Å². The Labute approximate surface area is 187 Å². The Morgan fingerprint density at radius 1 is 1.25 bits per heavy atom. The molecule has 0 fully saturated rings. The molecule has 9 heteroatoms. The zero-order valence-electron chi connectivity index (χ0n) is 17.2. The van der Waals surface area contributed by atoms with E-state index in [1.54, 1.807) is 57.4 Å². The number of fused-ring (bicyclic) bond motifs is 1. The Morgan fingerprint density at radius 2 is 2.16 bits per heavy atom. The van der Waals surface area contributed by atoms with Crippen LogP contribution in [0.3, 0.4) is 0 Å². The first-order valence-corrected chi connectivity index (χ1v) is 10.9. The van der Waals surface area contributed by atoms with Crippen molar-refractivity contribution < 1.29 is 9.18 Å². The van der Waals surface area contributed by atoms with Crippen molar-refractivity contribution in [2.75, 3.05) is 0 Å². The number of benzene rings is 1. The van der Waals surface area contributed by atoms with Gasteiger partial charge in [-0.25, -0.2) is 19.0 Å². The number of hydrogen-bond donors (Lipinski definition) is 1. The standard InChI is InChI=1S/C23H19FN6OS/c1-15-9-18(19-12-27-30(22(19)28-15)13-17-3-2-8-32-17)23(31)26-11-16-4-5-21(20(24)10-16)29-7-6-25-14-29/h2-10,12,14H,11,13H2,1H3,(H,26,31). The van der Waals surface area contributed by atoms with Crippen molar-refractivity contribution in [2.45, 2.75) is 20.0 Å².